The lowest BCUT2D eigenvalue weighted by atomic mass is 10.3. The van der Waals surface area contributed by atoms with Crippen LogP contribution < -0.4 is 10.1 Å². The molecule has 6 nitrogen and oxygen atoms in total. The second-order valence-electron chi connectivity index (χ2n) is 4.87. The lowest BCUT2D eigenvalue weighted by Gasteiger charge is -2.04. The lowest BCUT2D eigenvalue weighted by molar-refractivity contribution is 0.415. The van der Waals surface area contributed by atoms with Crippen LogP contribution in [0.4, 0.5) is 10.8 Å². The van der Waals surface area contributed by atoms with Gasteiger partial charge in [-0.25, -0.2) is 4.98 Å². The summed E-state index contributed by atoms with van der Waals surface area (Å²) in [7, 11) is 3.63. The minimum absolute atomic E-state index is 0.771. The zero-order valence-electron chi connectivity index (χ0n) is 13.1. The van der Waals surface area contributed by atoms with Crippen LogP contribution in [0.2, 0.25) is 0 Å². The van der Waals surface area contributed by atoms with Gasteiger partial charge in [-0.2, -0.15) is 0 Å². The number of rotatable bonds is 6. The molecule has 0 unspecified atom stereocenters. The number of aromatic nitrogens is 4. The quantitative estimate of drug-likeness (QED) is 0.687. The molecule has 2 heterocycles. The Morgan fingerprint density at radius 1 is 1.26 bits per heavy atom. The molecule has 120 valence electrons. The van der Waals surface area contributed by atoms with E-state index >= 15 is 0 Å². The first-order valence-electron chi connectivity index (χ1n) is 7.00. The van der Waals surface area contributed by atoms with Crippen molar-refractivity contribution >= 4 is 33.9 Å². The van der Waals surface area contributed by atoms with Crippen molar-refractivity contribution in [3.63, 3.8) is 0 Å². The van der Waals surface area contributed by atoms with Gasteiger partial charge in [0.05, 0.1) is 12.8 Å². The fraction of sp³-hybridized carbons (Fsp3) is 0.267. The molecule has 23 heavy (non-hydrogen) atoms. The number of hydrogen-bond donors (Lipinski definition) is 1. The average molecular weight is 347 g/mol. The van der Waals surface area contributed by atoms with Gasteiger partial charge in [0.15, 0.2) is 10.3 Å². The van der Waals surface area contributed by atoms with Gasteiger partial charge >= 0.3 is 0 Å². The molecule has 2 aromatic heterocycles. The lowest BCUT2D eigenvalue weighted by Crippen LogP contribution is -1.94. The predicted molar refractivity (Wildman–Crippen MR) is 93.7 cm³/mol. The Hall–Kier alpha value is -2.06. The van der Waals surface area contributed by atoms with E-state index in [1.807, 2.05) is 42.8 Å². The smallest absolute Gasteiger partial charge is 0.191 e. The summed E-state index contributed by atoms with van der Waals surface area (Å²) < 4.78 is 7.13. The standard InChI is InChI=1S/C15H17N5OS2/c1-10-18-19-15(20(10)2)23-9-12-8-22-14(17-12)16-11-4-6-13(21-3)7-5-11/h4-8H,9H2,1-3H3,(H,16,17). The Morgan fingerprint density at radius 3 is 2.70 bits per heavy atom. The fourth-order valence-corrected chi connectivity index (χ4v) is 3.57. The monoisotopic (exact) mass is 347 g/mol. The molecule has 3 rings (SSSR count). The molecule has 3 aromatic rings. The van der Waals surface area contributed by atoms with Crippen molar-refractivity contribution in [2.45, 2.75) is 17.8 Å². The molecular formula is C15H17N5OS2. The summed E-state index contributed by atoms with van der Waals surface area (Å²) in [5.74, 6) is 2.52. The highest BCUT2D eigenvalue weighted by atomic mass is 32.2. The van der Waals surface area contributed by atoms with Crippen molar-refractivity contribution in [2.75, 3.05) is 12.4 Å². The minimum atomic E-state index is 0.771. The third kappa shape index (κ3) is 3.83. The third-order valence-corrected chi connectivity index (χ3v) is 5.16. The van der Waals surface area contributed by atoms with E-state index in [-0.39, 0.29) is 0 Å². The molecule has 0 amide bonds. The molecule has 0 bridgehead atoms. The van der Waals surface area contributed by atoms with E-state index in [1.165, 1.54) is 0 Å². The highest BCUT2D eigenvalue weighted by molar-refractivity contribution is 7.98. The minimum Gasteiger partial charge on any atom is -0.497 e. The van der Waals surface area contributed by atoms with Crippen LogP contribution in [0.3, 0.4) is 0 Å². The van der Waals surface area contributed by atoms with E-state index in [1.54, 1.807) is 30.2 Å². The van der Waals surface area contributed by atoms with Crippen LogP contribution in [0.5, 0.6) is 5.75 Å². The van der Waals surface area contributed by atoms with Gasteiger partial charge in [0, 0.05) is 23.9 Å². The first kappa shape index (κ1) is 15.8. The highest BCUT2D eigenvalue weighted by Crippen LogP contribution is 2.26. The van der Waals surface area contributed by atoms with E-state index in [0.717, 1.165) is 39.0 Å². The number of benzene rings is 1. The Labute approximate surface area is 142 Å². The van der Waals surface area contributed by atoms with Crippen LogP contribution in [-0.2, 0) is 12.8 Å². The molecule has 0 spiro atoms. The van der Waals surface area contributed by atoms with Crippen LogP contribution in [0.15, 0.2) is 34.8 Å². The number of thioether (sulfide) groups is 1. The maximum atomic E-state index is 5.15. The number of nitrogens with zero attached hydrogens (tertiary/aromatic N) is 4. The van der Waals surface area contributed by atoms with Gasteiger partial charge in [0.1, 0.15) is 11.6 Å². The Morgan fingerprint density at radius 2 is 2.04 bits per heavy atom. The molecule has 8 heteroatoms. The van der Waals surface area contributed by atoms with Gasteiger partial charge in [0.2, 0.25) is 0 Å². The Kier molecular flexibility index (Phi) is 4.82. The van der Waals surface area contributed by atoms with E-state index in [0.29, 0.717) is 0 Å². The van der Waals surface area contributed by atoms with Crippen LogP contribution in [0, 0.1) is 6.92 Å². The molecule has 0 aliphatic heterocycles. The third-order valence-electron chi connectivity index (χ3n) is 3.29. The zero-order chi connectivity index (χ0) is 16.2. The number of thiazole rings is 1. The van der Waals surface area contributed by atoms with Gasteiger partial charge in [-0.3, -0.25) is 0 Å². The second kappa shape index (κ2) is 7.01. The average Bonchev–Trinajstić information content (AvgIpc) is 3.14. The van der Waals surface area contributed by atoms with Crippen molar-refractivity contribution in [2.24, 2.45) is 7.05 Å². The zero-order valence-corrected chi connectivity index (χ0v) is 14.7. The molecule has 0 atom stereocenters. The van der Waals surface area contributed by atoms with Crippen molar-refractivity contribution in [1.82, 2.24) is 19.7 Å². The van der Waals surface area contributed by atoms with Crippen LogP contribution >= 0.6 is 23.1 Å². The van der Waals surface area contributed by atoms with Gasteiger partial charge < -0.3 is 14.6 Å². The molecule has 1 aromatic carbocycles. The van der Waals surface area contributed by atoms with Crippen LogP contribution in [0.1, 0.15) is 11.5 Å². The van der Waals surface area contributed by atoms with Crippen molar-refractivity contribution in [3.8, 4) is 5.75 Å². The summed E-state index contributed by atoms with van der Waals surface area (Å²) in [5.41, 5.74) is 2.01. The topological polar surface area (TPSA) is 64.9 Å². The van der Waals surface area contributed by atoms with Gasteiger partial charge in [-0.1, -0.05) is 11.8 Å². The largest absolute Gasteiger partial charge is 0.497 e. The Balaban J connectivity index is 1.60. The summed E-state index contributed by atoms with van der Waals surface area (Å²) in [6.07, 6.45) is 0. The number of ether oxygens (including phenoxy) is 1. The Bertz CT molecular complexity index is 782. The molecule has 0 aliphatic rings. The molecule has 0 fully saturated rings. The predicted octanol–water partition coefficient (Wildman–Crippen LogP) is 3.62. The molecule has 0 radical (unpaired) electrons. The number of aryl methyl sites for hydroxylation is 1. The SMILES string of the molecule is COc1ccc(Nc2nc(CSc3nnc(C)n3C)cs2)cc1. The molecular weight excluding hydrogens is 330 g/mol. The van der Waals surface area contributed by atoms with E-state index < -0.39 is 0 Å². The van der Waals surface area contributed by atoms with Gasteiger partial charge in [-0.05, 0) is 31.2 Å². The summed E-state index contributed by atoms with van der Waals surface area (Å²) in [5, 5.41) is 15.3. The van der Waals surface area contributed by atoms with Crippen molar-refractivity contribution in [1.29, 1.82) is 0 Å². The van der Waals surface area contributed by atoms with E-state index in [4.69, 9.17) is 4.74 Å². The molecule has 0 aliphatic carbocycles. The molecule has 1 N–H and O–H groups in total. The summed E-state index contributed by atoms with van der Waals surface area (Å²) in [6.45, 7) is 1.94. The van der Waals surface area contributed by atoms with E-state index in [2.05, 4.69) is 25.9 Å². The fourth-order valence-electron chi connectivity index (χ4n) is 1.88. The van der Waals surface area contributed by atoms with Crippen molar-refractivity contribution < 1.29 is 4.74 Å². The van der Waals surface area contributed by atoms with Crippen LogP contribution in [-0.4, -0.2) is 26.9 Å². The van der Waals surface area contributed by atoms with Crippen molar-refractivity contribution in [3.05, 3.63) is 41.2 Å². The van der Waals surface area contributed by atoms with E-state index in [9.17, 15) is 0 Å². The number of anilines is 2. The summed E-state index contributed by atoms with van der Waals surface area (Å²) >= 11 is 3.22. The van der Waals surface area contributed by atoms with Crippen LogP contribution in [0.25, 0.3) is 0 Å². The molecule has 0 saturated heterocycles. The normalized spacial score (nSPS) is 10.7. The number of hydrogen-bond acceptors (Lipinski definition) is 7. The number of methoxy groups -OCH3 is 1. The maximum absolute atomic E-state index is 5.15. The highest BCUT2D eigenvalue weighted by Gasteiger charge is 2.08. The first-order valence-corrected chi connectivity index (χ1v) is 8.86. The second-order valence-corrected chi connectivity index (χ2v) is 6.68. The maximum Gasteiger partial charge on any atom is 0.191 e. The molecule has 0 saturated carbocycles. The summed E-state index contributed by atoms with van der Waals surface area (Å²) in [6, 6.07) is 7.78. The van der Waals surface area contributed by atoms with Gasteiger partial charge in [0.25, 0.3) is 0 Å². The number of nitrogens with one attached hydrogen (secondary N) is 1. The van der Waals surface area contributed by atoms with Gasteiger partial charge in [-0.15, -0.1) is 21.5 Å². The first-order chi connectivity index (χ1) is 11.2. The summed E-state index contributed by atoms with van der Waals surface area (Å²) in [4.78, 5) is 4.60.